The molecule has 252 valence electrons. The van der Waals surface area contributed by atoms with Gasteiger partial charge >= 0.3 is 17.9 Å². The van der Waals surface area contributed by atoms with Crippen LogP contribution in [-0.2, 0) is 28.6 Å². The Kier molecular flexibility index (Phi) is 6.69. The van der Waals surface area contributed by atoms with Crippen molar-refractivity contribution in [1.82, 2.24) is 4.90 Å². The number of aliphatic hydroxyl groups is 2. The van der Waals surface area contributed by atoms with Crippen LogP contribution in [0.15, 0.2) is 23.8 Å². The minimum atomic E-state index is -1.17. The Labute approximate surface area is 272 Å². The molecule has 0 radical (unpaired) electrons. The van der Waals surface area contributed by atoms with E-state index in [0.29, 0.717) is 32.2 Å². The van der Waals surface area contributed by atoms with Crippen LogP contribution in [0.5, 0.6) is 0 Å². The summed E-state index contributed by atoms with van der Waals surface area (Å²) in [7, 11) is 0. The van der Waals surface area contributed by atoms with Gasteiger partial charge in [0.25, 0.3) is 0 Å². The van der Waals surface area contributed by atoms with Crippen molar-refractivity contribution in [2.45, 2.75) is 115 Å². The standard InChI is InChI=1S/C37H51NO8/c1-20-9-10-24-26(20)29-27(25(44-21(2)39)17-34(24,4)42)37(32(41)46-29)19-36-14-13-33(37,3)30(36)28-22(11-12-35(36,5)43)23(31(40)45-28)18-38-15-7-6-8-16-38/h9,13-14,22-30,42-43H,6-8,10-12,15-19H2,1-5H3/t22-,23-,24-,25-,26+,27+,28-,29+,30-,33+,34+,35+,36-,37-/m0/s1. The first-order valence-electron chi connectivity index (χ1n) is 17.8. The smallest absolute Gasteiger partial charge is 0.313 e. The number of carbonyl (C=O) groups is 3. The second-order valence-corrected chi connectivity index (χ2v) is 17.0. The van der Waals surface area contributed by atoms with Crippen molar-refractivity contribution in [2.75, 3.05) is 19.6 Å². The Morgan fingerprint density at radius 3 is 2.52 bits per heavy atom. The number of nitrogens with zero attached hydrogens (tertiary/aromatic N) is 1. The molecular weight excluding hydrogens is 586 g/mol. The van der Waals surface area contributed by atoms with E-state index in [1.54, 1.807) is 0 Å². The van der Waals surface area contributed by atoms with Crippen LogP contribution in [0, 0.1) is 51.8 Å². The number of piperidine rings is 1. The molecule has 2 N–H and O–H groups in total. The number of hydrogen-bond acceptors (Lipinski definition) is 9. The lowest BCUT2D eigenvalue weighted by Crippen LogP contribution is -2.53. The highest BCUT2D eigenvalue weighted by Gasteiger charge is 2.85. The molecule has 8 rings (SSSR count). The van der Waals surface area contributed by atoms with Gasteiger partial charge in [-0.15, -0.1) is 0 Å². The molecule has 0 aromatic carbocycles. The highest BCUT2D eigenvalue weighted by atomic mass is 16.6. The largest absolute Gasteiger partial charge is 0.462 e. The van der Waals surface area contributed by atoms with E-state index < -0.39 is 57.6 Å². The van der Waals surface area contributed by atoms with Crippen molar-refractivity contribution in [2.24, 2.45) is 51.8 Å². The molecule has 6 fully saturated rings. The molecule has 3 saturated heterocycles. The van der Waals surface area contributed by atoms with E-state index in [4.69, 9.17) is 14.2 Å². The van der Waals surface area contributed by atoms with Crippen LogP contribution in [0.2, 0.25) is 0 Å². The van der Waals surface area contributed by atoms with Crippen LogP contribution in [0.1, 0.15) is 86.0 Å². The van der Waals surface area contributed by atoms with Gasteiger partial charge in [-0.2, -0.15) is 0 Å². The van der Waals surface area contributed by atoms with E-state index in [9.17, 15) is 24.6 Å². The lowest BCUT2D eigenvalue weighted by Gasteiger charge is -2.46. The number of esters is 3. The van der Waals surface area contributed by atoms with Crippen molar-refractivity contribution < 1.29 is 38.8 Å². The van der Waals surface area contributed by atoms with Crippen LogP contribution in [0.25, 0.3) is 0 Å². The number of allylic oxidation sites excluding steroid dienone is 2. The lowest BCUT2D eigenvalue weighted by molar-refractivity contribution is -0.165. The van der Waals surface area contributed by atoms with Gasteiger partial charge in [-0.3, -0.25) is 14.4 Å². The molecule has 0 unspecified atom stereocenters. The van der Waals surface area contributed by atoms with Gasteiger partial charge < -0.3 is 29.3 Å². The van der Waals surface area contributed by atoms with Gasteiger partial charge in [0.1, 0.15) is 18.3 Å². The Morgan fingerprint density at radius 1 is 1.07 bits per heavy atom. The molecule has 5 aliphatic carbocycles. The average Bonchev–Trinajstić information content (AvgIpc) is 3.70. The summed E-state index contributed by atoms with van der Waals surface area (Å²) in [5.41, 5.74) is -4.06. The second kappa shape index (κ2) is 9.91. The SMILES string of the molecule is CC(=O)O[C@H]1C[C@@](C)(O)[C@H]2CC=C(C)[C@H]2[C@H]2OC(=O)[C@]3(C[C@@]45C=C[C@]3(C)[C@@H]4[C@H]3OC(=O)[C@@H](CN4CCCCC4)[C@@H]3CC[C@@]5(C)O)[C@@H]21. The summed E-state index contributed by atoms with van der Waals surface area (Å²) in [5.74, 6) is -2.54. The molecule has 9 nitrogen and oxygen atoms in total. The minimum absolute atomic E-state index is 0.0705. The third-order valence-electron chi connectivity index (χ3n) is 14.8. The van der Waals surface area contributed by atoms with Crippen LogP contribution in [-0.4, -0.2) is 82.2 Å². The molecule has 0 aromatic heterocycles. The molecular formula is C37H51NO8. The van der Waals surface area contributed by atoms with Crippen molar-refractivity contribution in [3.8, 4) is 0 Å². The van der Waals surface area contributed by atoms with Gasteiger partial charge in [0.2, 0.25) is 0 Å². The Morgan fingerprint density at radius 2 is 1.80 bits per heavy atom. The summed E-state index contributed by atoms with van der Waals surface area (Å²) in [6.45, 7) is 11.9. The zero-order chi connectivity index (χ0) is 32.6. The zero-order valence-electron chi connectivity index (χ0n) is 28.0. The molecule has 0 aromatic rings. The Bertz CT molecular complexity index is 1410. The number of carbonyl (C=O) groups excluding carboxylic acids is 3. The summed E-state index contributed by atoms with van der Waals surface area (Å²) < 4.78 is 19.1. The maximum absolute atomic E-state index is 14.8. The van der Waals surface area contributed by atoms with E-state index in [1.165, 1.54) is 13.3 Å². The normalized spacial score (nSPS) is 53.9. The topological polar surface area (TPSA) is 123 Å². The number of rotatable bonds is 3. The van der Waals surface area contributed by atoms with Crippen molar-refractivity contribution in [1.29, 1.82) is 0 Å². The summed E-state index contributed by atoms with van der Waals surface area (Å²) in [6.07, 6.45) is 10.4. The van der Waals surface area contributed by atoms with E-state index in [0.717, 1.165) is 31.5 Å². The molecule has 14 atom stereocenters. The number of fused-ring (bicyclic) bond motifs is 6. The van der Waals surface area contributed by atoms with Gasteiger partial charge in [-0.05, 0) is 72.4 Å². The predicted octanol–water partition coefficient (Wildman–Crippen LogP) is 3.95. The van der Waals surface area contributed by atoms with Gasteiger partial charge in [-0.25, -0.2) is 0 Å². The number of ether oxygens (including phenoxy) is 3. The second-order valence-electron chi connectivity index (χ2n) is 17.0. The lowest BCUT2D eigenvalue weighted by atomic mass is 9.54. The summed E-state index contributed by atoms with van der Waals surface area (Å²) in [6, 6.07) is 0. The Balaban J connectivity index is 1.26. The fourth-order valence-electron chi connectivity index (χ4n) is 12.7. The predicted molar refractivity (Wildman–Crippen MR) is 167 cm³/mol. The molecule has 8 aliphatic rings. The van der Waals surface area contributed by atoms with Crippen LogP contribution in [0.3, 0.4) is 0 Å². The molecule has 0 amide bonds. The van der Waals surface area contributed by atoms with E-state index in [1.807, 2.05) is 20.8 Å². The first-order chi connectivity index (χ1) is 21.7. The molecule has 1 spiro atoms. The maximum atomic E-state index is 14.8. The fraction of sp³-hybridized carbons (Fsp3) is 0.811. The van der Waals surface area contributed by atoms with Gasteiger partial charge in [0, 0.05) is 54.4 Å². The molecule has 3 heterocycles. The summed E-state index contributed by atoms with van der Waals surface area (Å²) in [4.78, 5) is 43.6. The number of likely N-dealkylation sites (tertiary alicyclic amines) is 1. The molecule has 46 heavy (non-hydrogen) atoms. The van der Waals surface area contributed by atoms with E-state index >= 15 is 0 Å². The monoisotopic (exact) mass is 637 g/mol. The molecule has 3 saturated carbocycles. The summed E-state index contributed by atoms with van der Waals surface area (Å²) >= 11 is 0. The van der Waals surface area contributed by atoms with Crippen molar-refractivity contribution >= 4 is 17.9 Å². The van der Waals surface area contributed by atoms with Crippen molar-refractivity contribution in [3.63, 3.8) is 0 Å². The molecule has 2 bridgehead atoms. The van der Waals surface area contributed by atoms with Crippen LogP contribution in [0.4, 0.5) is 0 Å². The van der Waals surface area contributed by atoms with Gasteiger partial charge in [0.05, 0.1) is 28.5 Å². The first kappa shape index (κ1) is 31.1. The van der Waals surface area contributed by atoms with Crippen LogP contribution < -0.4 is 0 Å². The molecule has 3 aliphatic heterocycles. The average molecular weight is 638 g/mol. The Hall–Kier alpha value is -2.23. The van der Waals surface area contributed by atoms with Gasteiger partial charge in [-0.1, -0.05) is 37.1 Å². The summed E-state index contributed by atoms with van der Waals surface area (Å²) in [5, 5.41) is 24.5. The van der Waals surface area contributed by atoms with Gasteiger partial charge in [0.15, 0.2) is 0 Å². The minimum Gasteiger partial charge on any atom is -0.462 e. The fourth-order valence-corrected chi connectivity index (χ4v) is 12.7. The van der Waals surface area contributed by atoms with E-state index in [-0.39, 0.29) is 47.9 Å². The third-order valence-corrected chi connectivity index (χ3v) is 14.8. The quantitative estimate of drug-likeness (QED) is 0.269. The van der Waals surface area contributed by atoms with Crippen LogP contribution >= 0.6 is 0 Å². The highest BCUT2D eigenvalue weighted by molar-refractivity contribution is 5.84. The first-order valence-corrected chi connectivity index (χ1v) is 17.8. The third kappa shape index (κ3) is 3.82. The highest BCUT2D eigenvalue weighted by Crippen LogP contribution is 2.80. The van der Waals surface area contributed by atoms with E-state index in [2.05, 4.69) is 30.1 Å². The molecule has 9 heteroatoms. The number of hydrogen-bond donors (Lipinski definition) is 2. The zero-order valence-corrected chi connectivity index (χ0v) is 28.0. The maximum Gasteiger partial charge on any atom is 0.313 e. The van der Waals surface area contributed by atoms with Crippen molar-refractivity contribution in [3.05, 3.63) is 23.8 Å².